The molecule has 2 aromatic carbocycles. The van der Waals surface area contributed by atoms with E-state index in [4.69, 9.17) is 28.4 Å². The van der Waals surface area contributed by atoms with Crippen molar-refractivity contribution in [2.45, 2.75) is 50.5 Å². The lowest BCUT2D eigenvalue weighted by Gasteiger charge is -2.39. The Bertz CT molecular complexity index is 1050. The lowest BCUT2D eigenvalue weighted by molar-refractivity contribution is -0.0676. The number of likely N-dealkylation sites (N-methyl/N-ethyl adjacent to an activating group) is 1. The van der Waals surface area contributed by atoms with Crippen LogP contribution in [0, 0.1) is 0 Å². The average Bonchev–Trinajstić information content (AvgIpc) is 3.01. The molecule has 1 saturated heterocycles. The molecule has 0 radical (unpaired) electrons. The standard InChI is InChI=1S/C33H51N3O6/c1-25(35(2)3)23-41-31-21-34-22-32(33(31)27-9-11-28(12-10-27)39-18-7-17-38-5)42-24-26-8-13-30-29(20-26)36(15-19-40-30)14-6-16-37-4/h8-13,20,25,31-34H,6-7,14-19,21-24H2,1-5H3/t25-,31-,32+,33+/m1/s1. The fourth-order valence-corrected chi connectivity index (χ4v) is 5.45. The zero-order valence-electron chi connectivity index (χ0n) is 26.2. The van der Waals surface area contributed by atoms with Crippen molar-refractivity contribution in [1.82, 2.24) is 10.2 Å². The highest BCUT2D eigenvalue weighted by atomic mass is 16.5. The third kappa shape index (κ3) is 9.30. The van der Waals surface area contributed by atoms with Crippen LogP contribution in [0.5, 0.6) is 11.5 Å². The second-order valence-corrected chi connectivity index (χ2v) is 11.5. The van der Waals surface area contributed by atoms with Gasteiger partial charge in [0.15, 0.2) is 0 Å². The molecule has 0 amide bonds. The number of methoxy groups -OCH3 is 2. The van der Waals surface area contributed by atoms with Crippen molar-refractivity contribution < 1.29 is 28.4 Å². The van der Waals surface area contributed by atoms with Crippen molar-refractivity contribution in [3.8, 4) is 11.5 Å². The molecule has 2 aliphatic rings. The topological polar surface area (TPSA) is 73.9 Å². The number of hydrogen-bond acceptors (Lipinski definition) is 9. The molecule has 2 aliphatic heterocycles. The molecular weight excluding hydrogens is 534 g/mol. The maximum absolute atomic E-state index is 6.69. The van der Waals surface area contributed by atoms with E-state index in [-0.39, 0.29) is 18.1 Å². The third-order valence-electron chi connectivity index (χ3n) is 8.18. The van der Waals surface area contributed by atoms with E-state index in [0.29, 0.717) is 39.1 Å². The number of fused-ring (bicyclic) bond motifs is 1. The number of hydrogen-bond donors (Lipinski definition) is 1. The van der Waals surface area contributed by atoms with Crippen LogP contribution in [0.3, 0.4) is 0 Å². The van der Waals surface area contributed by atoms with Crippen molar-refractivity contribution in [1.29, 1.82) is 0 Å². The highest BCUT2D eigenvalue weighted by molar-refractivity contribution is 5.61. The van der Waals surface area contributed by atoms with Gasteiger partial charge in [0.1, 0.15) is 18.1 Å². The first kappa shape index (κ1) is 32.5. The molecule has 4 rings (SSSR count). The van der Waals surface area contributed by atoms with E-state index in [0.717, 1.165) is 68.4 Å². The minimum absolute atomic E-state index is 0.00664. The van der Waals surface area contributed by atoms with Gasteiger partial charge < -0.3 is 43.5 Å². The van der Waals surface area contributed by atoms with E-state index in [1.165, 1.54) is 5.56 Å². The molecule has 42 heavy (non-hydrogen) atoms. The smallest absolute Gasteiger partial charge is 0.142 e. The van der Waals surface area contributed by atoms with Crippen LogP contribution in [0.1, 0.15) is 36.8 Å². The minimum atomic E-state index is -0.0445. The van der Waals surface area contributed by atoms with Crippen LogP contribution in [0.4, 0.5) is 5.69 Å². The van der Waals surface area contributed by atoms with Gasteiger partial charge in [-0.3, -0.25) is 0 Å². The largest absolute Gasteiger partial charge is 0.494 e. The fourth-order valence-electron chi connectivity index (χ4n) is 5.45. The Balaban J connectivity index is 1.47. The van der Waals surface area contributed by atoms with Gasteiger partial charge in [-0.25, -0.2) is 0 Å². The summed E-state index contributed by atoms with van der Waals surface area (Å²) in [5.41, 5.74) is 3.48. The van der Waals surface area contributed by atoms with Crippen LogP contribution in [0.15, 0.2) is 42.5 Å². The summed E-state index contributed by atoms with van der Waals surface area (Å²) in [6.45, 7) is 9.53. The van der Waals surface area contributed by atoms with Crippen LogP contribution < -0.4 is 19.7 Å². The summed E-state index contributed by atoms with van der Waals surface area (Å²) >= 11 is 0. The minimum Gasteiger partial charge on any atom is -0.494 e. The highest BCUT2D eigenvalue weighted by Crippen LogP contribution is 2.35. The summed E-state index contributed by atoms with van der Waals surface area (Å²) in [5.74, 6) is 1.90. The number of benzene rings is 2. The van der Waals surface area contributed by atoms with E-state index in [9.17, 15) is 0 Å². The second kappa shape index (κ2) is 17.0. The van der Waals surface area contributed by atoms with Crippen molar-refractivity contribution in [2.24, 2.45) is 0 Å². The maximum Gasteiger partial charge on any atom is 0.142 e. The molecule has 0 saturated carbocycles. The summed E-state index contributed by atoms with van der Waals surface area (Å²) in [6, 6.07) is 15.2. The van der Waals surface area contributed by atoms with Gasteiger partial charge in [-0.2, -0.15) is 0 Å². The maximum atomic E-state index is 6.69. The number of rotatable bonds is 17. The number of nitrogens with zero attached hydrogens (tertiary/aromatic N) is 2. The molecule has 9 nitrogen and oxygen atoms in total. The summed E-state index contributed by atoms with van der Waals surface area (Å²) in [7, 11) is 7.64. The molecule has 0 aliphatic carbocycles. The second-order valence-electron chi connectivity index (χ2n) is 11.5. The van der Waals surface area contributed by atoms with Gasteiger partial charge in [-0.1, -0.05) is 18.2 Å². The van der Waals surface area contributed by atoms with Gasteiger partial charge in [0, 0.05) is 65.4 Å². The molecule has 0 unspecified atom stereocenters. The number of piperidine rings is 1. The molecule has 0 bridgehead atoms. The van der Waals surface area contributed by atoms with Crippen LogP contribution in [0.25, 0.3) is 0 Å². The summed E-state index contributed by atoms with van der Waals surface area (Å²) in [6.07, 6.45) is 1.80. The zero-order valence-corrected chi connectivity index (χ0v) is 26.2. The highest BCUT2D eigenvalue weighted by Gasteiger charge is 2.36. The SMILES string of the molecule is COCCCOc1ccc([C@@H]2[C@@H](OCc3ccc4c(c3)N(CCCOC)CCO4)CNC[C@H]2OC[C@@H](C)N(C)C)cc1. The Morgan fingerprint density at radius 3 is 2.43 bits per heavy atom. The number of nitrogens with one attached hydrogen (secondary N) is 1. The van der Waals surface area contributed by atoms with Crippen LogP contribution in [-0.2, 0) is 25.6 Å². The first-order valence-electron chi connectivity index (χ1n) is 15.3. The number of ether oxygens (including phenoxy) is 6. The quantitative estimate of drug-likeness (QED) is 0.278. The Labute approximate surface area is 252 Å². The third-order valence-corrected chi connectivity index (χ3v) is 8.18. The Morgan fingerprint density at radius 1 is 0.952 bits per heavy atom. The summed E-state index contributed by atoms with van der Waals surface area (Å²) < 4.78 is 35.5. The van der Waals surface area contributed by atoms with E-state index in [1.54, 1.807) is 14.2 Å². The zero-order chi connectivity index (χ0) is 29.7. The van der Waals surface area contributed by atoms with E-state index >= 15 is 0 Å². The fraction of sp³-hybridized carbons (Fsp3) is 0.636. The summed E-state index contributed by atoms with van der Waals surface area (Å²) in [5, 5.41) is 3.57. The normalized spacial score (nSPS) is 21.2. The molecule has 0 spiro atoms. The van der Waals surface area contributed by atoms with Gasteiger partial charge in [0.2, 0.25) is 0 Å². The van der Waals surface area contributed by atoms with Crippen molar-refractivity contribution in [3.63, 3.8) is 0 Å². The van der Waals surface area contributed by atoms with Gasteiger partial charge in [-0.15, -0.1) is 0 Å². The molecular formula is C33H51N3O6. The van der Waals surface area contributed by atoms with E-state index in [1.807, 2.05) is 0 Å². The van der Waals surface area contributed by atoms with Crippen LogP contribution in [0.2, 0.25) is 0 Å². The molecule has 234 valence electrons. The van der Waals surface area contributed by atoms with E-state index in [2.05, 4.69) is 78.6 Å². The Kier molecular flexibility index (Phi) is 13.2. The molecule has 0 aromatic heterocycles. The van der Waals surface area contributed by atoms with Gasteiger partial charge >= 0.3 is 0 Å². The van der Waals surface area contributed by atoms with E-state index < -0.39 is 0 Å². The predicted octanol–water partition coefficient (Wildman–Crippen LogP) is 3.94. The lowest BCUT2D eigenvalue weighted by atomic mass is 9.85. The molecule has 1 N–H and O–H groups in total. The van der Waals surface area contributed by atoms with Crippen LogP contribution in [-0.4, -0.2) is 111 Å². The monoisotopic (exact) mass is 585 g/mol. The first-order chi connectivity index (χ1) is 20.5. The van der Waals surface area contributed by atoms with Crippen molar-refractivity contribution in [3.05, 3.63) is 53.6 Å². The average molecular weight is 586 g/mol. The molecule has 2 heterocycles. The molecule has 1 fully saturated rings. The van der Waals surface area contributed by atoms with Gasteiger partial charge in [0.25, 0.3) is 0 Å². The predicted molar refractivity (Wildman–Crippen MR) is 166 cm³/mol. The van der Waals surface area contributed by atoms with Crippen LogP contribution >= 0.6 is 0 Å². The molecule has 9 heteroatoms. The summed E-state index contributed by atoms with van der Waals surface area (Å²) in [4.78, 5) is 4.58. The molecule has 4 atom stereocenters. The Hall–Kier alpha value is -2.40. The first-order valence-corrected chi connectivity index (χ1v) is 15.3. The van der Waals surface area contributed by atoms with Gasteiger partial charge in [0.05, 0.1) is 44.3 Å². The van der Waals surface area contributed by atoms with Crippen molar-refractivity contribution in [2.75, 3.05) is 92.4 Å². The molecule has 2 aromatic rings. The van der Waals surface area contributed by atoms with Gasteiger partial charge in [-0.05, 0) is 62.8 Å². The number of anilines is 1. The van der Waals surface area contributed by atoms with Crippen molar-refractivity contribution >= 4 is 5.69 Å². The Morgan fingerprint density at radius 2 is 1.69 bits per heavy atom. The lowest BCUT2D eigenvalue weighted by Crippen LogP contribution is -2.51.